The molecule has 7 atom stereocenters. The number of methoxy groups -OCH3 is 1. The molecule has 2 amide bonds. The van der Waals surface area contributed by atoms with E-state index < -0.39 is 42.2 Å². The van der Waals surface area contributed by atoms with Crippen LogP contribution in [0, 0.1) is 23.2 Å². The van der Waals surface area contributed by atoms with Crippen molar-refractivity contribution in [3.8, 4) is 22.5 Å². The SMILES string of the molecule is CCn1c(-c2cccnc2[C@H](C)OC)c2c3cc(ccc31)-c1csc(n1)[C@@H](OCCF)[C@H](NC(=O)[C@H]1[C@H](C)[C@@H]1C)C(=O)N1CCC[C@H](N1)C(=O)OCC(C)(C)C2. The second kappa shape index (κ2) is 16.3. The summed E-state index contributed by atoms with van der Waals surface area (Å²) in [6.07, 6.45) is 2.01. The maximum absolute atomic E-state index is 14.5. The van der Waals surface area contributed by atoms with Crippen molar-refractivity contribution in [2.75, 3.05) is 33.5 Å². The first-order valence-corrected chi connectivity index (χ1v) is 20.6. The number of pyridine rings is 1. The Hall–Kier alpha value is -4.24. The largest absolute Gasteiger partial charge is 0.464 e. The number of hydrazine groups is 1. The van der Waals surface area contributed by atoms with Gasteiger partial charge in [0.25, 0.3) is 5.91 Å². The molecule has 3 aliphatic rings. The molecule has 56 heavy (non-hydrogen) atoms. The Balaban J connectivity index is 1.40. The second-order valence-corrected chi connectivity index (χ2v) is 17.1. The van der Waals surface area contributed by atoms with Crippen LogP contribution in [-0.2, 0) is 41.6 Å². The summed E-state index contributed by atoms with van der Waals surface area (Å²) in [7, 11) is 1.68. The van der Waals surface area contributed by atoms with Crippen LogP contribution in [0.5, 0.6) is 0 Å². The highest BCUT2D eigenvalue weighted by molar-refractivity contribution is 7.10. The number of esters is 1. The quantitative estimate of drug-likeness (QED) is 0.180. The highest BCUT2D eigenvalue weighted by atomic mass is 32.1. The predicted octanol–water partition coefficient (Wildman–Crippen LogP) is 6.59. The molecule has 4 aromatic rings. The number of aryl methyl sites for hydroxylation is 1. The van der Waals surface area contributed by atoms with E-state index >= 15 is 0 Å². The minimum atomic E-state index is -1.23. The van der Waals surface area contributed by atoms with Crippen molar-refractivity contribution < 1.29 is 33.0 Å². The summed E-state index contributed by atoms with van der Waals surface area (Å²) >= 11 is 1.30. The number of nitrogens with zero attached hydrogens (tertiary/aromatic N) is 4. The third kappa shape index (κ3) is 7.72. The number of ether oxygens (including phenoxy) is 3. The molecule has 1 saturated carbocycles. The summed E-state index contributed by atoms with van der Waals surface area (Å²) in [5.41, 5.74) is 9.05. The molecule has 0 unspecified atom stereocenters. The van der Waals surface area contributed by atoms with Gasteiger partial charge >= 0.3 is 5.97 Å². The lowest BCUT2D eigenvalue weighted by Crippen LogP contribution is -2.61. The summed E-state index contributed by atoms with van der Waals surface area (Å²) in [5.74, 6) is -1.16. The van der Waals surface area contributed by atoms with Gasteiger partial charge < -0.3 is 24.1 Å². The number of nitrogens with one attached hydrogen (secondary N) is 2. The molecule has 1 aliphatic carbocycles. The van der Waals surface area contributed by atoms with Crippen LogP contribution in [0.3, 0.4) is 0 Å². The van der Waals surface area contributed by atoms with Gasteiger partial charge in [-0.05, 0) is 74.8 Å². The van der Waals surface area contributed by atoms with Crippen LogP contribution in [0.1, 0.15) is 82.9 Å². The molecule has 14 heteroatoms. The van der Waals surface area contributed by atoms with Gasteiger partial charge in [0.05, 0.1) is 36.4 Å². The molecular formula is C42H53FN6O6S. The van der Waals surface area contributed by atoms with Crippen molar-refractivity contribution in [3.05, 3.63) is 58.2 Å². The molecule has 2 aliphatic heterocycles. The fraction of sp³-hybridized carbons (Fsp3) is 0.548. The minimum absolute atomic E-state index is 0.134. The lowest BCUT2D eigenvalue weighted by Gasteiger charge is -2.37. The van der Waals surface area contributed by atoms with Gasteiger partial charge in [-0.15, -0.1) is 11.3 Å². The second-order valence-electron chi connectivity index (χ2n) is 16.2. The maximum Gasteiger partial charge on any atom is 0.324 e. The summed E-state index contributed by atoms with van der Waals surface area (Å²) in [4.78, 5) is 51.7. The smallest absolute Gasteiger partial charge is 0.324 e. The minimum Gasteiger partial charge on any atom is -0.464 e. The first kappa shape index (κ1) is 40.0. The highest BCUT2D eigenvalue weighted by Crippen LogP contribution is 2.46. The first-order chi connectivity index (χ1) is 26.9. The van der Waals surface area contributed by atoms with Gasteiger partial charge in [0.15, 0.2) is 0 Å². The van der Waals surface area contributed by atoms with Crippen molar-refractivity contribution >= 4 is 40.0 Å². The molecule has 1 aromatic carbocycles. The maximum atomic E-state index is 14.5. The first-order valence-electron chi connectivity index (χ1n) is 19.7. The average molecular weight is 789 g/mol. The molecule has 12 nitrogen and oxygen atoms in total. The Kier molecular flexibility index (Phi) is 11.6. The van der Waals surface area contributed by atoms with Crippen LogP contribution in [-0.4, -0.2) is 83.0 Å². The molecule has 2 fully saturated rings. The lowest BCUT2D eigenvalue weighted by molar-refractivity contribution is -0.157. The number of carbonyl (C=O) groups is 3. The molecule has 0 radical (unpaired) electrons. The summed E-state index contributed by atoms with van der Waals surface area (Å²) < 4.78 is 34.0. The van der Waals surface area contributed by atoms with E-state index in [1.54, 1.807) is 13.3 Å². The summed E-state index contributed by atoms with van der Waals surface area (Å²) in [5, 5.41) is 7.72. The summed E-state index contributed by atoms with van der Waals surface area (Å²) in [6, 6.07) is 8.28. The predicted molar refractivity (Wildman–Crippen MR) is 212 cm³/mol. The van der Waals surface area contributed by atoms with E-state index in [9.17, 15) is 18.8 Å². The van der Waals surface area contributed by atoms with Crippen molar-refractivity contribution in [1.29, 1.82) is 0 Å². The number of thiazole rings is 1. The van der Waals surface area contributed by atoms with Crippen molar-refractivity contribution in [3.63, 3.8) is 0 Å². The number of fused-ring (bicyclic) bond motifs is 6. The van der Waals surface area contributed by atoms with Gasteiger partial charge in [0, 0.05) is 65.1 Å². The van der Waals surface area contributed by atoms with E-state index in [0.717, 1.165) is 39.0 Å². The molecule has 5 heterocycles. The normalized spacial score (nSPS) is 25.8. The van der Waals surface area contributed by atoms with Crippen LogP contribution in [0.15, 0.2) is 41.9 Å². The van der Waals surface area contributed by atoms with Gasteiger partial charge in [-0.3, -0.25) is 24.4 Å². The third-order valence-electron chi connectivity index (χ3n) is 11.7. The number of cyclic esters (lactones) is 1. The Morgan fingerprint density at radius 2 is 2.00 bits per heavy atom. The van der Waals surface area contributed by atoms with E-state index in [4.69, 9.17) is 24.2 Å². The van der Waals surface area contributed by atoms with Gasteiger partial charge in [-0.2, -0.15) is 0 Å². The monoisotopic (exact) mass is 788 g/mol. The number of halogens is 1. The Morgan fingerprint density at radius 3 is 2.71 bits per heavy atom. The number of rotatable bonds is 9. The number of hydrogen-bond acceptors (Lipinski definition) is 10. The molecule has 7 rings (SSSR count). The average Bonchev–Trinajstić information content (AvgIpc) is 3.49. The lowest BCUT2D eigenvalue weighted by atomic mass is 9.84. The number of amides is 2. The molecule has 3 aromatic heterocycles. The fourth-order valence-electron chi connectivity index (χ4n) is 8.32. The van der Waals surface area contributed by atoms with Crippen molar-refractivity contribution in [2.45, 2.75) is 91.6 Å². The number of aromatic nitrogens is 3. The van der Waals surface area contributed by atoms with Gasteiger partial charge in [-0.25, -0.2) is 14.8 Å². The number of alkyl halides is 1. The zero-order valence-corrected chi connectivity index (χ0v) is 34.1. The number of hydrogen-bond donors (Lipinski definition) is 2. The van der Waals surface area contributed by atoms with Crippen molar-refractivity contribution in [1.82, 2.24) is 30.3 Å². The molecule has 300 valence electrons. The molecule has 0 spiro atoms. The van der Waals surface area contributed by atoms with E-state index in [1.807, 2.05) is 38.3 Å². The zero-order valence-electron chi connectivity index (χ0n) is 33.3. The Labute approximate surface area is 331 Å². The molecule has 1 saturated heterocycles. The van der Waals surface area contributed by atoms with Gasteiger partial charge in [-0.1, -0.05) is 33.8 Å². The van der Waals surface area contributed by atoms with Gasteiger partial charge in [0.2, 0.25) is 5.91 Å². The van der Waals surface area contributed by atoms with Crippen LogP contribution >= 0.6 is 11.3 Å². The Morgan fingerprint density at radius 1 is 1.21 bits per heavy atom. The van der Waals surface area contributed by atoms with Gasteiger partial charge in [0.1, 0.15) is 29.9 Å². The van der Waals surface area contributed by atoms with E-state index in [2.05, 4.69) is 54.3 Å². The van der Waals surface area contributed by atoms with Crippen LogP contribution in [0.4, 0.5) is 4.39 Å². The van der Waals surface area contributed by atoms with E-state index in [0.29, 0.717) is 43.1 Å². The third-order valence-corrected chi connectivity index (χ3v) is 12.6. The van der Waals surface area contributed by atoms with Crippen LogP contribution in [0.2, 0.25) is 0 Å². The van der Waals surface area contributed by atoms with Crippen LogP contribution < -0.4 is 10.7 Å². The van der Waals surface area contributed by atoms with Crippen molar-refractivity contribution in [2.24, 2.45) is 23.2 Å². The van der Waals surface area contributed by atoms with E-state index in [1.165, 1.54) is 16.3 Å². The number of benzene rings is 1. The molecule has 6 bridgehead atoms. The zero-order chi connectivity index (χ0) is 39.9. The molecular weight excluding hydrogens is 736 g/mol. The highest BCUT2D eigenvalue weighted by Gasteiger charge is 2.50. The number of carbonyl (C=O) groups excluding carboxylic acids is 3. The van der Waals surface area contributed by atoms with E-state index in [-0.39, 0.29) is 43.0 Å². The molecule has 2 N–H and O–H groups in total. The Bertz CT molecular complexity index is 2090. The standard InChI is InChI=1S/C42H53FN6O6S/c1-8-48-32-14-13-26-19-28(32)29(36(48)27-11-9-16-44-34(27)25(4)53-7)20-42(5,6)22-55-41(52)30-12-10-17-49(47-30)40(51)35(46-38(50)33-23(2)24(33)3)37(54-18-15-43)39-45-31(26)21-56-39/h9,11,13-14,16,19,21,23-25,30,33,35,37,47H,8,10,12,15,17-18,20,22H2,1-7H3,(H,46,50)/t23-,24+,25-,30-,33+,35-,37-/m0/s1. The van der Waals surface area contributed by atoms with Crippen LogP contribution in [0.25, 0.3) is 33.4 Å². The summed E-state index contributed by atoms with van der Waals surface area (Å²) in [6.45, 7) is 12.3. The fourth-order valence-corrected chi connectivity index (χ4v) is 9.23. The topological polar surface area (TPSA) is 137 Å².